The Morgan fingerprint density at radius 1 is 1.32 bits per heavy atom. The summed E-state index contributed by atoms with van der Waals surface area (Å²) < 4.78 is 23.7. The molecular formula is C14H22BrNO2S. The number of rotatable bonds is 7. The summed E-state index contributed by atoms with van der Waals surface area (Å²) in [4.78, 5) is 0. The van der Waals surface area contributed by atoms with Gasteiger partial charge in [-0.25, -0.2) is 8.42 Å². The molecule has 0 heterocycles. The van der Waals surface area contributed by atoms with Gasteiger partial charge in [-0.2, -0.15) is 0 Å². The summed E-state index contributed by atoms with van der Waals surface area (Å²) in [5, 5.41) is 3.39. The van der Waals surface area contributed by atoms with E-state index >= 15 is 0 Å². The maximum Gasteiger partial charge on any atom is 0.147 e. The molecule has 0 saturated heterocycles. The van der Waals surface area contributed by atoms with Crippen LogP contribution in [0.3, 0.4) is 0 Å². The minimum Gasteiger partial charge on any atom is -0.314 e. The highest BCUT2D eigenvalue weighted by Crippen LogP contribution is 2.23. The second kappa shape index (κ2) is 7.41. The van der Waals surface area contributed by atoms with Crippen LogP contribution in [0, 0.1) is 0 Å². The van der Waals surface area contributed by atoms with Crippen molar-refractivity contribution < 1.29 is 8.42 Å². The number of hydrogen-bond donors (Lipinski definition) is 1. The first-order chi connectivity index (χ1) is 8.78. The highest BCUT2D eigenvalue weighted by molar-refractivity contribution is 9.10. The largest absolute Gasteiger partial charge is 0.314 e. The number of halogens is 1. The summed E-state index contributed by atoms with van der Waals surface area (Å²) in [6.45, 7) is 4.98. The number of sulfone groups is 1. The van der Waals surface area contributed by atoms with Crippen LogP contribution in [0.4, 0.5) is 0 Å². The predicted molar refractivity (Wildman–Crippen MR) is 84.3 cm³/mol. The number of hydrogen-bond acceptors (Lipinski definition) is 3. The normalized spacial score (nSPS) is 13.7. The second-order valence-electron chi connectivity index (χ2n) is 5.23. The SMILES string of the molecule is CC(C)NCC(CCS(C)(=O)=O)c1cccc(Br)c1. The molecule has 3 nitrogen and oxygen atoms in total. The summed E-state index contributed by atoms with van der Waals surface area (Å²) in [7, 11) is -2.92. The molecule has 108 valence electrons. The van der Waals surface area contributed by atoms with Crippen molar-refractivity contribution in [2.24, 2.45) is 0 Å². The van der Waals surface area contributed by atoms with E-state index in [1.807, 2.05) is 12.1 Å². The lowest BCUT2D eigenvalue weighted by Crippen LogP contribution is -2.29. The van der Waals surface area contributed by atoms with E-state index < -0.39 is 9.84 Å². The third kappa shape index (κ3) is 7.09. The van der Waals surface area contributed by atoms with Crippen molar-refractivity contribution in [2.45, 2.75) is 32.2 Å². The standard InChI is InChI=1S/C14H22BrNO2S/c1-11(2)16-10-13(7-8-19(3,17)18)12-5-4-6-14(15)9-12/h4-6,9,11,13,16H,7-8,10H2,1-3H3. The van der Waals surface area contributed by atoms with E-state index in [2.05, 4.69) is 47.2 Å². The van der Waals surface area contributed by atoms with Crippen molar-refractivity contribution in [3.05, 3.63) is 34.3 Å². The highest BCUT2D eigenvalue weighted by atomic mass is 79.9. The molecule has 5 heteroatoms. The van der Waals surface area contributed by atoms with Crippen LogP contribution in [0.25, 0.3) is 0 Å². The first-order valence-electron chi connectivity index (χ1n) is 6.44. The Balaban J connectivity index is 2.79. The van der Waals surface area contributed by atoms with Crippen molar-refractivity contribution >= 4 is 25.8 Å². The lowest BCUT2D eigenvalue weighted by Gasteiger charge is -2.19. The summed E-state index contributed by atoms with van der Waals surface area (Å²) in [5.74, 6) is 0.443. The van der Waals surface area contributed by atoms with Crippen LogP contribution < -0.4 is 5.32 Å². The van der Waals surface area contributed by atoms with Crippen molar-refractivity contribution in [3.63, 3.8) is 0 Å². The van der Waals surface area contributed by atoms with Crippen LogP contribution >= 0.6 is 15.9 Å². The molecule has 0 amide bonds. The molecule has 1 aromatic carbocycles. The Bertz CT molecular complexity index is 500. The molecule has 0 spiro atoms. The summed E-state index contributed by atoms with van der Waals surface area (Å²) in [6.07, 6.45) is 1.94. The topological polar surface area (TPSA) is 46.2 Å². The molecule has 1 atom stereocenters. The van der Waals surface area contributed by atoms with E-state index in [1.165, 1.54) is 11.8 Å². The first kappa shape index (κ1) is 16.7. The van der Waals surface area contributed by atoms with Crippen molar-refractivity contribution in [2.75, 3.05) is 18.6 Å². The Morgan fingerprint density at radius 3 is 2.53 bits per heavy atom. The molecular weight excluding hydrogens is 326 g/mol. The lowest BCUT2D eigenvalue weighted by atomic mass is 9.96. The molecule has 1 rings (SSSR count). The fourth-order valence-electron chi connectivity index (χ4n) is 1.88. The Kier molecular flexibility index (Phi) is 6.50. The molecule has 0 aliphatic carbocycles. The van der Waals surface area contributed by atoms with Gasteiger partial charge >= 0.3 is 0 Å². The predicted octanol–water partition coefficient (Wildman–Crippen LogP) is 2.97. The maximum atomic E-state index is 11.3. The average molecular weight is 348 g/mol. The van der Waals surface area contributed by atoms with E-state index in [0.717, 1.165) is 11.0 Å². The van der Waals surface area contributed by atoms with Gasteiger partial charge in [0.05, 0.1) is 5.75 Å². The van der Waals surface area contributed by atoms with E-state index in [1.54, 1.807) is 0 Å². The molecule has 1 unspecified atom stereocenters. The fourth-order valence-corrected chi connectivity index (χ4v) is 3.01. The average Bonchev–Trinajstić information content (AvgIpc) is 2.27. The monoisotopic (exact) mass is 347 g/mol. The van der Waals surface area contributed by atoms with Gasteiger partial charge in [-0.1, -0.05) is 41.9 Å². The van der Waals surface area contributed by atoms with Gasteiger partial charge in [0.2, 0.25) is 0 Å². The first-order valence-corrected chi connectivity index (χ1v) is 9.30. The van der Waals surface area contributed by atoms with Crippen LogP contribution in [0.15, 0.2) is 28.7 Å². The molecule has 0 bridgehead atoms. The Morgan fingerprint density at radius 2 is 2.00 bits per heavy atom. The van der Waals surface area contributed by atoms with Crippen molar-refractivity contribution in [3.8, 4) is 0 Å². The van der Waals surface area contributed by atoms with Gasteiger partial charge in [0.15, 0.2) is 0 Å². The van der Waals surface area contributed by atoms with Crippen LogP contribution in [0.1, 0.15) is 31.7 Å². The minimum atomic E-state index is -2.92. The zero-order valence-corrected chi connectivity index (χ0v) is 14.1. The van der Waals surface area contributed by atoms with Gasteiger partial charge in [-0.05, 0) is 30.0 Å². The molecule has 0 fully saturated rings. The van der Waals surface area contributed by atoms with Crippen LogP contribution in [-0.4, -0.2) is 33.0 Å². The molecule has 0 aliphatic rings. The van der Waals surface area contributed by atoms with E-state index in [4.69, 9.17) is 0 Å². The fraction of sp³-hybridized carbons (Fsp3) is 0.571. The minimum absolute atomic E-state index is 0.217. The van der Waals surface area contributed by atoms with Crippen molar-refractivity contribution in [1.82, 2.24) is 5.32 Å². The molecule has 0 radical (unpaired) electrons. The van der Waals surface area contributed by atoms with Crippen LogP contribution in [0.2, 0.25) is 0 Å². The second-order valence-corrected chi connectivity index (χ2v) is 8.41. The van der Waals surface area contributed by atoms with E-state index in [-0.39, 0.29) is 11.7 Å². The molecule has 1 aromatic rings. The van der Waals surface area contributed by atoms with Crippen LogP contribution in [-0.2, 0) is 9.84 Å². The van der Waals surface area contributed by atoms with E-state index in [0.29, 0.717) is 12.5 Å². The quantitative estimate of drug-likeness (QED) is 0.824. The summed E-state index contributed by atoms with van der Waals surface area (Å²) in [5.41, 5.74) is 1.17. The molecule has 0 aliphatic heterocycles. The Labute approximate surface area is 124 Å². The maximum absolute atomic E-state index is 11.3. The molecule has 0 aromatic heterocycles. The summed E-state index contributed by atoms with van der Waals surface area (Å²) >= 11 is 3.46. The Hall–Kier alpha value is -0.390. The lowest BCUT2D eigenvalue weighted by molar-refractivity contribution is 0.517. The van der Waals surface area contributed by atoms with Gasteiger partial charge < -0.3 is 5.32 Å². The van der Waals surface area contributed by atoms with Gasteiger partial charge in [0.25, 0.3) is 0 Å². The summed E-state index contributed by atoms with van der Waals surface area (Å²) in [6, 6.07) is 8.48. The third-order valence-electron chi connectivity index (χ3n) is 2.93. The van der Waals surface area contributed by atoms with Gasteiger partial charge in [-0.3, -0.25) is 0 Å². The third-order valence-corrected chi connectivity index (χ3v) is 4.40. The zero-order chi connectivity index (χ0) is 14.5. The molecule has 19 heavy (non-hydrogen) atoms. The highest BCUT2D eigenvalue weighted by Gasteiger charge is 2.15. The van der Waals surface area contributed by atoms with Crippen LogP contribution in [0.5, 0.6) is 0 Å². The smallest absolute Gasteiger partial charge is 0.147 e. The zero-order valence-electron chi connectivity index (χ0n) is 11.7. The molecule has 1 N–H and O–H groups in total. The molecule has 0 saturated carbocycles. The van der Waals surface area contributed by atoms with E-state index in [9.17, 15) is 8.42 Å². The van der Waals surface area contributed by atoms with Crippen molar-refractivity contribution in [1.29, 1.82) is 0 Å². The van der Waals surface area contributed by atoms with Gasteiger partial charge in [0, 0.05) is 23.3 Å². The van der Waals surface area contributed by atoms with Gasteiger partial charge in [0.1, 0.15) is 9.84 Å². The number of nitrogens with one attached hydrogen (secondary N) is 1. The van der Waals surface area contributed by atoms with Gasteiger partial charge in [-0.15, -0.1) is 0 Å². The number of benzene rings is 1.